The fourth-order valence-corrected chi connectivity index (χ4v) is 8.21. The first-order valence-corrected chi connectivity index (χ1v) is 16.6. The Hall–Kier alpha value is -2.99. The van der Waals surface area contributed by atoms with Crippen LogP contribution in [0.25, 0.3) is 0 Å². The van der Waals surface area contributed by atoms with Crippen LogP contribution in [0.3, 0.4) is 0 Å². The Kier molecular flexibility index (Phi) is 9.51. The zero-order valence-electron chi connectivity index (χ0n) is 24.3. The van der Waals surface area contributed by atoms with Crippen LogP contribution in [0.15, 0.2) is 42.5 Å². The van der Waals surface area contributed by atoms with Crippen LogP contribution in [0.2, 0.25) is 0 Å². The van der Waals surface area contributed by atoms with E-state index in [9.17, 15) is 23.1 Å². The first kappa shape index (κ1) is 30.5. The summed E-state index contributed by atoms with van der Waals surface area (Å²) in [4.78, 5) is 30.6. The molecule has 228 valence electrons. The lowest BCUT2D eigenvalue weighted by Gasteiger charge is -2.30. The number of hydrogen-bond acceptors (Lipinski definition) is 7. The molecule has 0 bridgehead atoms. The maximum Gasteiger partial charge on any atom is 0.308 e. The number of likely N-dealkylation sites (tertiary alicyclic amines) is 1. The summed E-state index contributed by atoms with van der Waals surface area (Å²) in [6.07, 6.45) is 3.44. The highest BCUT2D eigenvalue weighted by atomic mass is 32.2. The third kappa shape index (κ3) is 6.49. The minimum Gasteiger partial charge on any atom is -0.493 e. The van der Waals surface area contributed by atoms with E-state index >= 15 is 0 Å². The molecule has 0 aromatic heterocycles. The van der Waals surface area contributed by atoms with Crippen LogP contribution in [-0.2, 0) is 32.6 Å². The molecular weight excluding hydrogens is 556 g/mol. The molecule has 3 N–H and O–H groups in total. The van der Waals surface area contributed by atoms with Crippen molar-refractivity contribution in [2.75, 3.05) is 50.0 Å². The second-order valence-electron chi connectivity index (χ2n) is 11.6. The number of rotatable bonds is 12. The Morgan fingerprint density at radius 3 is 2.74 bits per heavy atom. The van der Waals surface area contributed by atoms with Crippen molar-refractivity contribution in [2.45, 2.75) is 57.5 Å². The highest BCUT2D eigenvalue weighted by Gasteiger charge is 2.48. The SMILES string of the molecule is CCCCN(C(=O)CN1CC(c2ccc3c(c2)CCO3)C(C(=O)O)C1CCN1CCCS1(=O)=O)c1cccc(CN)c1. The van der Waals surface area contributed by atoms with Gasteiger partial charge in [0.2, 0.25) is 15.9 Å². The van der Waals surface area contributed by atoms with Crippen molar-refractivity contribution in [3.05, 3.63) is 59.2 Å². The van der Waals surface area contributed by atoms with Crippen LogP contribution in [0, 0.1) is 5.92 Å². The monoisotopic (exact) mass is 598 g/mol. The molecule has 2 fully saturated rings. The number of carboxylic acids is 1. The van der Waals surface area contributed by atoms with Crippen molar-refractivity contribution >= 4 is 27.6 Å². The van der Waals surface area contributed by atoms with Gasteiger partial charge >= 0.3 is 5.97 Å². The third-order valence-electron chi connectivity index (χ3n) is 8.89. The van der Waals surface area contributed by atoms with E-state index in [2.05, 4.69) is 6.92 Å². The number of carboxylic acid groups (broad SMARTS) is 1. The van der Waals surface area contributed by atoms with Crippen LogP contribution < -0.4 is 15.4 Å². The Morgan fingerprint density at radius 2 is 2.02 bits per heavy atom. The molecule has 2 aromatic carbocycles. The van der Waals surface area contributed by atoms with Crippen LogP contribution in [0.5, 0.6) is 5.75 Å². The number of hydrogen-bond donors (Lipinski definition) is 2. The predicted octanol–water partition coefficient (Wildman–Crippen LogP) is 2.81. The average molecular weight is 599 g/mol. The zero-order valence-corrected chi connectivity index (χ0v) is 25.1. The number of amides is 1. The molecule has 3 heterocycles. The van der Waals surface area contributed by atoms with E-state index in [1.165, 1.54) is 4.31 Å². The highest BCUT2D eigenvalue weighted by Crippen LogP contribution is 2.41. The molecule has 0 aliphatic carbocycles. The molecule has 0 radical (unpaired) electrons. The molecule has 10 nitrogen and oxygen atoms in total. The summed E-state index contributed by atoms with van der Waals surface area (Å²) in [6, 6.07) is 13.1. The van der Waals surface area contributed by atoms with E-state index < -0.39 is 28.0 Å². The van der Waals surface area contributed by atoms with Gasteiger partial charge in [0.25, 0.3) is 0 Å². The fraction of sp³-hybridized carbons (Fsp3) is 0.548. The van der Waals surface area contributed by atoms with Gasteiger partial charge in [-0.3, -0.25) is 14.5 Å². The number of nitrogens with two attached hydrogens (primary N) is 1. The summed E-state index contributed by atoms with van der Waals surface area (Å²) in [6.45, 7) is 4.72. The van der Waals surface area contributed by atoms with Crippen LogP contribution in [0.1, 0.15) is 55.2 Å². The number of aliphatic carboxylic acids is 1. The Labute approximate surface area is 248 Å². The maximum absolute atomic E-state index is 14.0. The summed E-state index contributed by atoms with van der Waals surface area (Å²) in [5.41, 5.74) is 9.57. The van der Waals surface area contributed by atoms with E-state index in [4.69, 9.17) is 10.5 Å². The fourth-order valence-electron chi connectivity index (χ4n) is 6.67. The molecule has 11 heteroatoms. The quantitative estimate of drug-likeness (QED) is 0.381. The third-order valence-corrected chi connectivity index (χ3v) is 10.8. The molecule has 0 saturated carbocycles. The van der Waals surface area contributed by atoms with E-state index in [1.54, 1.807) is 4.90 Å². The lowest BCUT2D eigenvalue weighted by molar-refractivity contribution is -0.143. The van der Waals surface area contributed by atoms with Crippen LogP contribution >= 0.6 is 0 Å². The highest BCUT2D eigenvalue weighted by molar-refractivity contribution is 7.89. The molecule has 42 heavy (non-hydrogen) atoms. The molecule has 2 saturated heterocycles. The van der Waals surface area contributed by atoms with Gasteiger partial charge in [-0.05, 0) is 54.2 Å². The number of carbonyl (C=O) groups excluding carboxylic acids is 1. The summed E-state index contributed by atoms with van der Waals surface area (Å²) in [5, 5.41) is 10.5. The molecule has 3 aliphatic heterocycles. The van der Waals surface area contributed by atoms with E-state index in [0.29, 0.717) is 45.6 Å². The maximum atomic E-state index is 14.0. The molecule has 2 aromatic rings. The van der Waals surface area contributed by atoms with Gasteiger partial charge in [0.05, 0.1) is 24.8 Å². The minimum atomic E-state index is -3.33. The number of sulfonamides is 1. The predicted molar refractivity (Wildman–Crippen MR) is 161 cm³/mol. The van der Waals surface area contributed by atoms with Crippen LogP contribution in [0.4, 0.5) is 5.69 Å². The Morgan fingerprint density at radius 1 is 1.19 bits per heavy atom. The van der Waals surface area contributed by atoms with Crippen molar-refractivity contribution in [1.82, 2.24) is 9.21 Å². The van der Waals surface area contributed by atoms with Gasteiger partial charge in [-0.25, -0.2) is 12.7 Å². The van der Waals surface area contributed by atoms with Crippen molar-refractivity contribution in [1.29, 1.82) is 0 Å². The molecule has 5 rings (SSSR count). The first-order valence-electron chi connectivity index (χ1n) is 15.0. The second-order valence-corrected chi connectivity index (χ2v) is 13.7. The second kappa shape index (κ2) is 13.1. The van der Waals surface area contributed by atoms with E-state index in [0.717, 1.165) is 47.4 Å². The molecule has 3 aliphatic rings. The van der Waals surface area contributed by atoms with E-state index in [1.807, 2.05) is 47.4 Å². The Balaban J connectivity index is 1.44. The standard InChI is InChI=1S/C31H42N4O6S/c1-2-3-13-35(25-7-4-6-22(17-25)19-32)29(36)21-33-20-26(23-8-9-28-24(18-23)11-15-41-28)30(31(37)38)27(33)10-14-34-12-5-16-42(34,39)40/h4,6-9,17-18,26-27,30H,2-3,5,10-16,19-21,32H2,1H3,(H,37,38). The average Bonchev–Trinajstić information content (AvgIpc) is 3.68. The van der Waals surface area contributed by atoms with Gasteiger partial charge in [0.1, 0.15) is 5.75 Å². The summed E-state index contributed by atoms with van der Waals surface area (Å²) >= 11 is 0. The largest absolute Gasteiger partial charge is 0.493 e. The van der Waals surface area contributed by atoms with Crippen molar-refractivity contribution in [2.24, 2.45) is 11.7 Å². The molecule has 1 amide bonds. The Bertz CT molecular complexity index is 1400. The van der Waals surface area contributed by atoms with Crippen molar-refractivity contribution < 1.29 is 27.9 Å². The summed E-state index contributed by atoms with van der Waals surface area (Å²) < 4.78 is 32.2. The summed E-state index contributed by atoms with van der Waals surface area (Å²) in [5.74, 6) is -1.21. The number of carbonyl (C=O) groups is 2. The van der Waals surface area contributed by atoms with Gasteiger partial charge in [-0.15, -0.1) is 0 Å². The number of fused-ring (bicyclic) bond motifs is 1. The first-order chi connectivity index (χ1) is 20.2. The number of unbranched alkanes of at least 4 members (excludes halogenated alkanes) is 1. The smallest absolute Gasteiger partial charge is 0.308 e. The molecule has 3 atom stereocenters. The van der Waals surface area contributed by atoms with Gasteiger partial charge < -0.3 is 20.5 Å². The van der Waals surface area contributed by atoms with Gasteiger partial charge in [0.15, 0.2) is 0 Å². The lowest BCUT2D eigenvalue weighted by atomic mass is 9.83. The van der Waals surface area contributed by atoms with E-state index in [-0.39, 0.29) is 30.7 Å². The normalized spacial score (nSPS) is 23.5. The van der Waals surface area contributed by atoms with Crippen molar-refractivity contribution in [3.8, 4) is 5.75 Å². The van der Waals surface area contributed by atoms with Crippen LogP contribution in [-0.4, -0.2) is 85.7 Å². The molecule has 3 unspecified atom stereocenters. The molecular formula is C31H42N4O6S. The summed E-state index contributed by atoms with van der Waals surface area (Å²) in [7, 11) is -3.33. The minimum absolute atomic E-state index is 0.0440. The lowest BCUT2D eigenvalue weighted by Crippen LogP contribution is -2.45. The molecule has 0 spiro atoms. The van der Waals surface area contributed by atoms with Crippen molar-refractivity contribution in [3.63, 3.8) is 0 Å². The zero-order chi connectivity index (χ0) is 29.9. The van der Waals surface area contributed by atoms with Gasteiger partial charge in [-0.1, -0.05) is 37.6 Å². The number of anilines is 1. The number of nitrogens with zero attached hydrogens (tertiary/aromatic N) is 3. The van der Waals surface area contributed by atoms with Gasteiger partial charge in [0, 0.05) is 56.8 Å². The topological polar surface area (TPSA) is 133 Å². The number of ether oxygens (including phenoxy) is 1. The van der Waals surface area contributed by atoms with Gasteiger partial charge in [-0.2, -0.15) is 0 Å². The number of benzene rings is 2.